The molecule has 2 aliphatic heterocycles. The minimum absolute atomic E-state index is 0.00363. The van der Waals surface area contributed by atoms with E-state index in [1.54, 1.807) is 12.3 Å². The first kappa shape index (κ1) is 21.7. The molecule has 2 aromatic rings. The quantitative estimate of drug-likeness (QED) is 0.660. The van der Waals surface area contributed by atoms with E-state index < -0.39 is 0 Å². The van der Waals surface area contributed by atoms with E-state index in [0.29, 0.717) is 18.7 Å². The summed E-state index contributed by atoms with van der Waals surface area (Å²) >= 11 is 0. The van der Waals surface area contributed by atoms with Gasteiger partial charge < -0.3 is 21.3 Å². The summed E-state index contributed by atoms with van der Waals surface area (Å²) in [5.41, 5.74) is 9.16. The van der Waals surface area contributed by atoms with Crippen LogP contribution < -0.4 is 16.4 Å². The zero-order chi connectivity index (χ0) is 23.0. The lowest BCUT2D eigenvalue weighted by atomic mass is 9.82. The Morgan fingerprint density at radius 3 is 2.76 bits per heavy atom. The number of fused-ring (bicyclic) bond motifs is 2. The Kier molecular flexibility index (Phi) is 5.72. The van der Waals surface area contributed by atoms with E-state index in [1.165, 1.54) is 6.42 Å². The van der Waals surface area contributed by atoms with Gasteiger partial charge in [0.2, 0.25) is 0 Å². The third kappa shape index (κ3) is 4.05. The molecule has 9 heteroatoms. The van der Waals surface area contributed by atoms with Crippen LogP contribution in [0.1, 0.15) is 67.9 Å². The molecule has 3 amide bonds. The van der Waals surface area contributed by atoms with Gasteiger partial charge in [-0.3, -0.25) is 9.48 Å². The molecule has 33 heavy (non-hydrogen) atoms. The Labute approximate surface area is 194 Å². The summed E-state index contributed by atoms with van der Waals surface area (Å²) in [6, 6.07) is 4.12. The van der Waals surface area contributed by atoms with Crippen LogP contribution in [0.2, 0.25) is 0 Å². The fourth-order valence-corrected chi connectivity index (χ4v) is 5.63. The molecule has 2 aromatic heterocycles. The number of aromatic nitrogens is 3. The minimum atomic E-state index is -0.162. The number of nitrogens with two attached hydrogens (primary N) is 1. The monoisotopic (exact) mass is 451 g/mol. The second-order valence-electron chi connectivity index (χ2n) is 9.64. The summed E-state index contributed by atoms with van der Waals surface area (Å²) < 4.78 is 2.05. The van der Waals surface area contributed by atoms with E-state index in [9.17, 15) is 9.59 Å². The number of likely N-dealkylation sites (tertiary alicyclic amines) is 1. The molecule has 4 N–H and O–H groups in total. The maximum absolute atomic E-state index is 12.9. The van der Waals surface area contributed by atoms with Crippen LogP contribution >= 0.6 is 0 Å². The molecule has 1 spiro atoms. The highest BCUT2D eigenvalue weighted by Gasteiger charge is 2.46. The average molecular weight is 452 g/mol. The van der Waals surface area contributed by atoms with Crippen LogP contribution in [0.25, 0.3) is 11.3 Å². The van der Waals surface area contributed by atoms with Crippen LogP contribution in [0.5, 0.6) is 0 Å². The van der Waals surface area contributed by atoms with Crippen LogP contribution in [0.3, 0.4) is 0 Å². The number of carbonyl (C=O) groups is 2. The maximum Gasteiger partial charge on any atom is 0.317 e. The van der Waals surface area contributed by atoms with Crippen molar-refractivity contribution in [3.8, 4) is 11.3 Å². The second-order valence-corrected chi connectivity index (χ2v) is 9.64. The number of aryl methyl sites for hydroxylation is 1. The fraction of sp³-hybridized carbons (Fsp3) is 0.583. The van der Waals surface area contributed by atoms with Crippen molar-refractivity contribution in [2.75, 3.05) is 25.4 Å². The first-order valence-corrected chi connectivity index (χ1v) is 12.2. The Morgan fingerprint density at radius 1 is 1.18 bits per heavy atom. The van der Waals surface area contributed by atoms with E-state index >= 15 is 0 Å². The number of hydrogen-bond acceptors (Lipinski definition) is 5. The van der Waals surface area contributed by atoms with Gasteiger partial charge in [-0.25, -0.2) is 9.78 Å². The Balaban J connectivity index is 1.36. The summed E-state index contributed by atoms with van der Waals surface area (Å²) in [6.45, 7) is 4.85. The van der Waals surface area contributed by atoms with Crippen molar-refractivity contribution in [3.63, 3.8) is 0 Å². The summed E-state index contributed by atoms with van der Waals surface area (Å²) in [4.78, 5) is 31.5. The number of carbonyl (C=O) groups excluding carboxylic acids is 2. The molecule has 1 saturated heterocycles. The van der Waals surface area contributed by atoms with Crippen molar-refractivity contribution in [1.29, 1.82) is 0 Å². The molecule has 1 atom stereocenters. The second kappa shape index (κ2) is 8.68. The number of nitrogen functional groups attached to an aromatic ring is 1. The van der Waals surface area contributed by atoms with Crippen LogP contribution in [0, 0.1) is 0 Å². The number of anilines is 1. The van der Waals surface area contributed by atoms with Gasteiger partial charge in [0.15, 0.2) is 0 Å². The highest BCUT2D eigenvalue weighted by Crippen LogP contribution is 2.43. The van der Waals surface area contributed by atoms with Crippen molar-refractivity contribution >= 4 is 17.8 Å². The predicted molar refractivity (Wildman–Crippen MR) is 126 cm³/mol. The summed E-state index contributed by atoms with van der Waals surface area (Å²) in [7, 11) is 0. The van der Waals surface area contributed by atoms with Crippen LogP contribution in [-0.4, -0.2) is 57.3 Å². The summed E-state index contributed by atoms with van der Waals surface area (Å²) in [6.07, 6.45) is 9.18. The predicted octanol–water partition coefficient (Wildman–Crippen LogP) is 2.67. The van der Waals surface area contributed by atoms with E-state index in [-0.39, 0.29) is 29.2 Å². The Bertz CT molecular complexity index is 1060. The Hall–Kier alpha value is -3.10. The van der Waals surface area contributed by atoms with Crippen molar-refractivity contribution in [2.24, 2.45) is 0 Å². The van der Waals surface area contributed by atoms with Gasteiger partial charge in [0, 0.05) is 55.1 Å². The molecule has 1 aliphatic carbocycles. The van der Waals surface area contributed by atoms with Gasteiger partial charge in [-0.15, -0.1) is 0 Å². The summed E-state index contributed by atoms with van der Waals surface area (Å²) in [5, 5.41) is 10.9. The van der Waals surface area contributed by atoms with Gasteiger partial charge in [-0.2, -0.15) is 5.10 Å². The van der Waals surface area contributed by atoms with Crippen molar-refractivity contribution < 1.29 is 9.59 Å². The summed E-state index contributed by atoms with van der Waals surface area (Å²) in [5.74, 6) is 0.0778. The largest absolute Gasteiger partial charge is 0.383 e. The number of nitrogens with zero attached hydrogens (tertiary/aromatic N) is 4. The van der Waals surface area contributed by atoms with Gasteiger partial charge in [0.25, 0.3) is 5.91 Å². The third-order valence-corrected chi connectivity index (χ3v) is 7.49. The standard InChI is InChI=1S/C24H33N7O2/c1-2-26-23(33)30-10-8-24(15-30)9-11-31-20(24)13-19(29-31)16-12-18(21(25)27-14-16)22(32)28-17-6-4-3-5-7-17/h12-14,17H,2-11,15H2,1H3,(H2,25,27)(H,26,33)(H,28,32). The molecule has 5 rings (SSSR count). The van der Waals surface area contributed by atoms with Gasteiger partial charge in [-0.1, -0.05) is 19.3 Å². The molecule has 9 nitrogen and oxygen atoms in total. The molecular formula is C24H33N7O2. The molecule has 0 aromatic carbocycles. The number of amides is 3. The number of urea groups is 1. The lowest BCUT2D eigenvalue weighted by Gasteiger charge is -2.23. The molecule has 4 heterocycles. The molecule has 1 saturated carbocycles. The van der Waals surface area contributed by atoms with Crippen LogP contribution in [-0.2, 0) is 12.0 Å². The SMILES string of the molecule is CCNC(=O)N1CCC2(CCn3nc(-c4cnc(N)c(C(=O)NC5CCCCC5)c4)cc32)C1. The lowest BCUT2D eigenvalue weighted by molar-refractivity contribution is 0.0928. The lowest BCUT2D eigenvalue weighted by Crippen LogP contribution is -2.40. The number of nitrogens with one attached hydrogen (secondary N) is 2. The topological polar surface area (TPSA) is 118 Å². The highest BCUT2D eigenvalue weighted by molar-refractivity contribution is 5.99. The molecule has 3 aliphatic rings. The number of hydrogen-bond donors (Lipinski definition) is 3. The molecule has 2 fully saturated rings. The third-order valence-electron chi connectivity index (χ3n) is 7.49. The minimum Gasteiger partial charge on any atom is -0.383 e. The van der Waals surface area contributed by atoms with E-state index in [4.69, 9.17) is 10.8 Å². The van der Waals surface area contributed by atoms with Crippen molar-refractivity contribution in [3.05, 3.63) is 29.6 Å². The zero-order valence-corrected chi connectivity index (χ0v) is 19.3. The molecule has 176 valence electrons. The Morgan fingerprint density at radius 2 is 1.97 bits per heavy atom. The van der Waals surface area contributed by atoms with E-state index in [0.717, 1.165) is 68.6 Å². The van der Waals surface area contributed by atoms with E-state index in [1.807, 2.05) is 11.8 Å². The van der Waals surface area contributed by atoms with Crippen LogP contribution in [0.15, 0.2) is 18.3 Å². The molecule has 1 unspecified atom stereocenters. The van der Waals surface area contributed by atoms with E-state index in [2.05, 4.69) is 26.4 Å². The molecular weight excluding hydrogens is 418 g/mol. The smallest absolute Gasteiger partial charge is 0.317 e. The van der Waals surface area contributed by atoms with Gasteiger partial charge in [0.1, 0.15) is 5.82 Å². The molecule has 0 bridgehead atoms. The number of pyridine rings is 1. The van der Waals surface area contributed by atoms with Crippen molar-refractivity contribution in [1.82, 2.24) is 30.3 Å². The normalized spacial score (nSPS) is 22.5. The van der Waals surface area contributed by atoms with Crippen LogP contribution in [0.4, 0.5) is 10.6 Å². The maximum atomic E-state index is 12.9. The zero-order valence-electron chi connectivity index (χ0n) is 19.3. The highest BCUT2D eigenvalue weighted by atomic mass is 16.2. The molecule has 0 radical (unpaired) electrons. The fourth-order valence-electron chi connectivity index (χ4n) is 5.63. The first-order valence-electron chi connectivity index (χ1n) is 12.2. The van der Waals surface area contributed by atoms with Gasteiger partial charge in [-0.05, 0) is 44.7 Å². The average Bonchev–Trinajstić information content (AvgIpc) is 3.52. The van der Waals surface area contributed by atoms with Gasteiger partial charge >= 0.3 is 6.03 Å². The van der Waals surface area contributed by atoms with Crippen molar-refractivity contribution in [2.45, 2.75) is 69.9 Å². The number of rotatable bonds is 4. The first-order chi connectivity index (χ1) is 16.0. The van der Waals surface area contributed by atoms with Gasteiger partial charge in [0.05, 0.1) is 11.3 Å².